The van der Waals surface area contributed by atoms with Crippen molar-refractivity contribution in [3.63, 3.8) is 0 Å². The van der Waals surface area contributed by atoms with E-state index in [4.69, 9.17) is 14.6 Å². The smallest absolute Gasteiger partial charge is 0.339 e. The predicted molar refractivity (Wildman–Crippen MR) is 100 cm³/mol. The number of carboxylic acid groups (broad SMARTS) is 1. The van der Waals surface area contributed by atoms with E-state index in [1.54, 1.807) is 6.07 Å². The first-order chi connectivity index (χ1) is 12.7. The molecule has 0 radical (unpaired) electrons. The summed E-state index contributed by atoms with van der Waals surface area (Å²) in [6.07, 6.45) is 6.55. The van der Waals surface area contributed by atoms with Gasteiger partial charge in [-0.05, 0) is 37.1 Å². The minimum Gasteiger partial charge on any atom is -0.507 e. The zero-order valence-corrected chi connectivity index (χ0v) is 18.6. The van der Waals surface area contributed by atoms with Gasteiger partial charge in [-0.15, -0.1) is 0 Å². The maximum Gasteiger partial charge on any atom is 0.339 e. The number of carbonyl (C=O) groups is 1. The number of unbranched alkanes of at least 4 members (excludes halogenated alkanes) is 5. The molecule has 0 aliphatic rings. The average molecular weight is 424 g/mol. The van der Waals surface area contributed by atoms with E-state index >= 15 is 0 Å². The Hall–Kier alpha value is -2.07. The third-order valence-corrected chi connectivity index (χ3v) is 4.02. The molecule has 0 saturated carbocycles. The van der Waals surface area contributed by atoms with Gasteiger partial charge < -0.3 is 19.7 Å². The van der Waals surface area contributed by atoms with Gasteiger partial charge in [-0.25, -0.2) is 4.79 Å². The number of aromatic hydroxyl groups is 1. The van der Waals surface area contributed by atoms with Gasteiger partial charge in [0, 0.05) is 25.5 Å². The number of rotatable bonds is 12. The molecular formula is C21H26O5Zn. The van der Waals surface area contributed by atoms with Gasteiger partial charge in [0.25, 0.3) is 0 Å². The van der Waals surface area contributed by atoms with E-state index < -0.39 is 5.97 Å². The van der Waals surface area contributed by atoms with E-state index in [-0.39, 0.29) is 30.8 Å². The SMILES string of the molecule is O=C(O)c1ccc(OCCCCCCCCOc2ccccc2)cc1O.[Zn]. The molecule has 0 unspecified atom stereocenters. The summed E-state index contributed by atoms with van der Waals surface area (Å²) in [6, 6.07) is 14.1. The Morgan fingerprint density at radius 1 is 0.778 bits per heavy atom. The van der Waals surface area contributed by atoms with Crippen molar-refractivity contribution in [2.24, 2.45) is 0 Å². The number of hydrogen-bond donors (Lipinski definition) is 2. The maximum atomic E-state index is 10.8. The molecule has 0 aromatic heterocycles. The molecule has 0 atom stereocenters. The van der Waals surface area contributed by atoms with Gasteiger partial charge >= 0.3 is 5.97 Å². The van der Waals surface area contributed by atoms with Crippen LogP contribution in [0.4, 0.5) is 0 Å². The standard InChI is InChI=1S/C21H26O5.Zn/c22-20-16-18(12-13-19(20)21(23)24)26-15-9-4-2-1-3-8-14-25-17-10-6-5-7-11-17;/h5-7,10-13,16,22H,1-4,8-9,14-15H2,(H,23,24);. The van der Waals surface area contributed by atoms with Crippen LogP contribution in [-0.2, 0) is 19.5 Å². The number of ether oxygens (including phenoxy) is 2. The van der Waals surface area contributed by atoms with Gasteiger partial charge in [-0.2, -0.15) is 0 Å². The Balaban J connectivity index is 0.00000364. The van der Waals surface area contributed by atoms with Gasteiger partial charge in [0.2, 0.25) is 0 Å². The maximum absolute atomic E-state index is 10.8. The first kappa shape index (κ1) is 23.0. The predicted octanol–water partition coefficient (Wildman–Crippen LogP) is 4.89. The van der Waals surface area contributed by atoms with Crippen LogP contribution < -0.4 is 9.47 Å². The minimum absolute atomic E-state index is 0. The second-order valence-electron chi connectivity index (χ2n) is 6.12. The Morgan fingerprint density at radius 2 is 1.33 bits per heavy atom. The van der Waals surface area contributed by atoms with Crippen LogP contribution in [0.5, 0.6) is 17.2 Å². The molecule has 2 aromatic rings. The second kappa shape index (κ2) is 13.2. The number of para-hydroxylation sites is 1. The summed E-state index contributed by atoms with van der Waals surface area (Å²) in [4.78, 5) is 10.8. The van der Waals surface area contributed by atoms with E-state index in [2.05, 4.69) is 0 Å². The number of carboxylic acids is 1. The van der Waals surface area contributed by atoms with Crippen LogP contribution in [0.15, 0.2) is 48.5 Å². The van der Waals surface area contributed by atoms with E-state index in [1.807, 2.05) is 30.3 Å². The largest absolute Gasteiger partial charge is 0.507 e. The summed E-state index contributed by atoms with van der Waals surface area (Å²) >= 11 is 0. The molecule has 0 bridgehead atoms. The quantitative estimate of drug-likeness (QED) is 0.375. The monoisotopic (exact) mass is 422 g/mol. The summed E-state index contributed by atoms with van der Waals surface area (Å²) in [5, 5.41) is 18.5. The van der Waals surface area contributed by atoms with E-state index in [0.717, 1.165) is 44.5 Å². The minimum atomic E-state index is -1.15. The zero-order chi connectivity index (χ0) is 18.6. The molecule has 6 heteroatoms. The van der Waals surface area contributed by atoms with E-state index in [0.29, 0.717) is 12.4 Å². The third kappa shape index (κ3) is 8.92. The topological polar surface area (TPSA) is 76.0 Å². The molecule has 0 spiro atoms. The van der Waals surface area contributed by atoms with Gasteiger partial charge in [0.1, 0.15) is 22.8 Å². The number of phenols is 1. The van der Waals surface area contributed by atoms with Crippen LogP contribution in [0.2, 0.25) is 0 Å². The fourth-order valence-electron chi connectivity index (χ4n) is 2.59. The van der Waals surface area contributed by atoms with Crippen molar-refractivity contribution >= 4 is 5.97 Å². The summed E-state index contributed by atoms with van der Waals surface area (Å²) in [5.74, 6) is -0.00595. The van der Waals surface area contributed by atoms with Crippen LogP contribution in [0, 0.1) is 0 Å². The molecule has 5 nitrogen and oxygen atoms in total. The van der Waals surface area contributed by atoms with Crippen molar-refractivity contribution in [3.8, 4) is 17.2 Å². The van der Waals surface area contributed by atoms with Crippen LogP contribution in [0.1, 0.15) is 48.9 Å². The molecule has 0 heterocycles. The van der Waals surface area contributed by atoms with Crippen LogP contribution in [0.3, 0.4) is 0 Å². The van der Waals surface area contributed by atoms with Gasteiger partial charge in [0.15, 0.2) is 0 Å². The molecule has 0 amide bonds. The normalized spacial score (nSPS) is 10.1. The van der Waals surface area contributed by atoms with Crippen molar-refractivity contribution in [1.29, 1.82) is 0 Å². The molecule has 0 saturated heterocycles. The number of benzene rings is 2. The molecule has 27 heavy (non-hydrogen) atoms. The first-order valence-corrected chi connectivity index (χ1v) is 9.04. The molecule has 0 aliphatic carbocycles. The summed E-state index contributed by atoms with van der Waals surface area (Å²) in [7, 11) is 0. The summed E-state index contributed by atoms with van der Waals surface area (Å²) in [5.41, 5.74) is -0.117. The fourth-order valence-corrected chi connectivity index (χ4v) is 2.59. The van der Waals surface area contributed by atoms with Crippen LogP contribution in [-0.4, -0.2) is 29.4 Å². The van der Waals surface area contributed by atoms with Crippen molar-refractivity contribution < 1.29 is 44.0 Å². The summed E-state index contributed by atoms with van der Waals surface area (Å²) in [6.45, 7) is 1.31. The Morgan fingerprint density at radius 3 is 1.89 bits per heavy atom. The molecule has 0 aliphatic heterocycles. The van der Waals surface area contributed by atoms with Gasteiger partial charge in [-0.3, -0.25) is 0 Å². The third-order valence-electron chi connectivity index (χ3n) is 4.02. The average Bonchev–Trinajstić information content (AvgIpc) is 2.64. The molecule has 2 N–H and O–H groups in total. The Bertz CT molecular complexity index is 676. The van der Waals surface area contributed by atoms with Gasteiger partial charge in [-0.1, -0.05) is 43.9 Å². The van der Waals surface area contributed by atoms with Crippen LogP contribution in [0.25, 0.3) is 0 Å². The summed E-state index contributed by atoms with van der Waals surface area (Å²) < 4.78 is 11.2. The number of hydrogen-bond acceptors (Lipinski definition) is 4. The molecule has 142 valence electrons. The van der Waals surface area contributed by atoms with E-state index in [9.17, 15) is 9.90 Å². The van der Waals surface area contributed by atoms with Crippen molar-refractivity contribution in [2.75, 3.05) is 13.2 Å². The zero-order valence-electron chi connectivity index (χ0n) is 15.6. The fraction of sp³-hybridized carbons (Fsp3) is 0.381. The molecular weight excluding hydrogens is 398 g/mol. The van der Waals surface area contributed by atoms with Crippen LogP contribution >= 0.6 is 0 Å². The second-order valence-corrected chi connectivity index (χ2v) is 6.12. The molecule has 0 fully saturated rings. The number of aromatic carboxylic acids is 1. The molecule has 2 rings (SSSR count). The molecule has 2 aromatic carbocycles. The van der Waals surface area contributed by atoms with E-state index in [1.165, 1.54) is 18.6 Å². The Labute approximate surface area is 173 Å². The van der Waals surface area contributed by atoms with Crippen molar-refractivity contribution in [1.82, 2.24) is 0 Å². The first-order valence-electron chi connectivity index (χ1n) is 9.04. The Kier molecular flexibility index (Phi) is 11.2. The van der Waals surface area contributed by atoms with Crippen molar-refractivity contribution in [3.05, 3.63) is 54.1 Å². The van der Waals surface area contributed by atoms with Gasteiger partial charge in [0.05, 0.1) is 13.2 Å². The van der Waals surface area contributed by atoms with Crippen molar-refractivity contribution in [2.45, 2.75) is 38.5 Å².